The first-order valence-electron chi connectivity index (χ1n) is 14.8. The monoisotopic (exact) mass is 598 g/mol. The van der Waals surface area contributed by atoms with Crippen LogP contribution in [0.2, 0.25) is 0 Å². The predicted octanol–water partition coefficient (Wildman–Crippen LogP) is 9.97. The summed E-state index contributed by atoms with van der Waals surface area (Å²) in [6.45, 7) is 1.02. The molecule has 44 heavy (non-hydrogen) atoms. The molecule has 4 heterocycles. The van der Waals surface area contributed by atoms with E-state index in [1.807, 2.05) is 22.7 Å². The average Bonchev–Trinajstić information content (AvgIpc) is 3.83. The molecule has 2 nitrogen and oxygen atoms in total. The van der Waals surface area contributed by atoms with Gasteiger partial charge in [0.1, 0.15) is 0 Å². The van der Waals surface area contributed by atoms with Crippen molar-refractivity contribution in [2.45, 2.75) is 24.9 Å². The number of rotatable bonds is 4. The van der Waals surface area contributed by atoms with Crippen LogP contribution in [0.15, 0.2) is 109 Å². The second-order valence-corrected chi connectivity index (χ2v) is 13.7. The zero-order valence-corrected chi connectivity index (χ0v) is 25.5. The standard InChI is InChI=1S/C40H26N2S2/c1-3-21-41-29-17-9-7-15-27(29)35-38(34-24-26-14-6-12-20-32(26)44-34)40-36(28-16-8-10-18-30(28)42(40)22-4-2)37(39(35)41)33-23-25-13-5-11-19-31(25)43-33/h1-2,5-20,23-24,37-38H,21-22H2. The van der Waals surface area contributed by atoms with E-state index >= 15 is 0 Å². The van der Waals surface area contributed by atoms with E-state index in [1.165, 1.54) is 74.2 Å². The van der Waals surface area contributed by atoms with E-state index in [0.29, 0.717) is 13.1 Å². The molecule has 0 radical (unpaired) electrons. The Morgan fingerprint density at radius 2 is 0.955 bits per heavy atom. The summed E-state index contributed by atoms with van der Waals surface area (Å²) >= 11 is 3.78. The van der Waals surface area contributed by atoms with E-state index in [-0.39, 0.29) is 11.8 Å². The van der Waals surface area contributed by atoms with Gasteiger partial charge in [-0.3, -0.25) is 0 Å². The molecule has 4 aromatic heterocycles. The first-order valence-corrected chi connectivity index (χ1v) is 16.5. The van der Waals surface area contributed by atoms with Crippen molar-refractivity contribution >= 4 is 64.7 Å². The normalized spacial score (nSPS) is 15.9. The van der Waals surface area contributed by atoms with Gasteiger partial charge in [0.05, 0.1) is 24.9 Å². The Balaban J connectivity index is 1.49. The smallest absolute Gasteiger partial charge is 0.0838 e. The van der Waals surface area contributed by atoms with E-state index in [9.17, 15) is 0 Å². The van der Waals surface area contributed by atoms with E-state index in [0.717, 1.165) is 0 Å². The van der Waals surface area contributed by atoms with Crippen LogP contribution < -0.4 is 0 Å². The van der Waals surface area contributed by atoms with E-state index in [4.69, 9.17) is 12.8 Å². The molecule has 4 aromatic carbocycles. The molecule has 4 heteroatoms. The maximum absolute atomic E-state index is 6.12. The van der Waals surface area contributed by atoms with Crippen LogP contribution in [0.25, 0.3) is 42.0 Å². The summed E-state index contributed by atoms with van der Waals surface area (Å²) < 4.78 is 7.42. The number of thiophene rings is 2. The minimum absolute atomic E-state index is 0.00713. The van der Waals surface area contributed by atoms with Crippen LogP contribution in [-0.2, 0) is 13.1 Å². The fourth-order valence-corrected chi connectivity index (χ4v) is 9.93. The van der Waals surface area contributed by atoms with Crippen molar-refractivity contribution in [1.82, 2.24) is 9.13 Å². The lowest BCUT2D eigenvalue weighted by Gasteiger charge is -2.32. The van der Waals surface area contributed by atoms with Crippen LogP contribution in [0.1, 0.15) is 44.1 Å². The molecule has 9 rings (SSSR count). The molecule has 8 aromatic rings. The van der Waals surface area contributed by atoms with Crippen LogP contribution in [0.3, 0.4) is 0 Å². The Kier molecular flexibility index (Phi) is 5.66. The average molecular weight is 599 g/mol. The number of nitrogens with zero attached hydrogens (tertiary/aromatic N) is 2. The molecule has 2 unspecified atom stereocenters. The summed E-state index contributed by atoms with van der Waals surface area (Å²) in [6.07, 6.45) is 12.2. The van der Waals surface area contributed by atoms with Crippen molar-refractivity contribution in [3.8, 4) is 24.7 Å². The first-order chi connectivity index (χ1) is 21.8. The highest BCUT2D eigenvalue weighted by Crippen LogP contribution is 2.57. The van der Waals surface area contributed by atoms with Gasteiger partial charge in [-0.05, 0) is 58.3 Å². The number of para-hydroxylation sites is 2. The van der Waals surface area contributed by atoms with Crippen molar-refractivity contribution in [2.75, 3.05) is 0 Å². The third-order valence-corrected chi connectivity index (χ3v) is 11.5. The van der Waals surface area contributed by atoms with Gasteiger partial charge in [0.2, 0.25) is 0 Å². The second kappa shape index (κ2) is 9.76. The summed E-state index contributed by atoms with van der Waals surface area (Å²) in [6, 6.07) is 39.8. The summed E-state index contributed by atoms with van der Waals surface area (Å²) in [4.78, 5) is 2.65. The molecule has 0 aliphatic heterocycles. The zero-order chi connectivity index (χ0) is 29.4. The zero-order valence-electron chi connectivity index (χ0n) is 23.8. The van der Waals surface area contributed by atoms with Crippen molar-refractivity contribution in [2.24, 2.45) is 0 Å². The molecule has 0 spiro atoms. The van der Waals surface area contributed by atoms with Crippen molar-refractivity contribution in [3.05, 3.63) is 141 Å². The number of hydrogen-bond acceptors (Lipinski definition) is 2. The predicted molar refractivity (Wildman–Crippen MR) is 187 cm³/mol. The van der Waals surface area contributed by atoms with E-state index < -0.39 is 0 Å². The lowest BCUT2D eigenvalue weighted by Crippen LogP contribution is -2.23. The van der Waals surface area contributed by atoms with Gasteiger partial charge in [0.15, 0.2) is 0 Å². The molecule has 2 atom stereocenters. The van der Waals surface area contributed by atoms with Crippen molar-refractivity contribution in [1.29, 1.82) is 0 Å². The number of fused-ring (bicyclic) bond motifs is 8. The minimum atomic E-state index is 0.00713. The third-order valence-electron chi connectivity index (χ3n) is 9.18. The largest absolute Gasteiger partial charge is 0.332 e. The Morgan fingerprint density at radius 3 is 1.39 bits per heavy atom. The maximum atomic E-state index is 6.12. The van der Waals surface area contributed by atoms with E-state index in [1.54, 1.807) is 0 Å². The quantitative estimate of drug-likeness (QED) is 0.178. The number of benzene rings is 4. The molecular weight excluding hydrogens is 573 g/mol. The topological polar surface area (TPSA) is 9.86 Å². The minimum Gasteiger partial charge on any atom is -0.332 e. The number of hydrogen-bond donors (Lipinski definition) is 0. The van der Waals surface area contributed by atoms with Gasteiger partial charge in [-0.1, -0.05) is 84.6 Å². The fourth-order valence-electron chi connectivity index (χ4n) is 7.57. The van der Waals surface area contributed by atoms with Crippen LogP contribution >= 0.6 is 22.7 Å². The third kappa shape index (κ3) is 3.50. The summed E-state index contributed by atoms with van der Waals surface area (Å²) in [5.74, 6) is 6.04. The van der Waals surface area contributed by atoms with Gasteiger partial charge in [-0.2, -0.15) is 0 Å². The molecular formula is C40H26N2S2. The van der Waals surface area contributed by atoms with E-state index in [2.05, 4.69) is 130 Å². The highest BCUT2D eigenvalue weighted by Gasteiger charge is 2.43. The molecule has 0 bridgehead atoms. The Morgan fingerprint density at radius 1 is 0.545 bits per heavy atom. The highest BCUT2D eigenvalue weighted by molar-refractivity contribution is 7.19. The van der Waals surface area contributed by atoms with Crippen LogP contribution in [-0.4, -0.2) is 9.13 Å². The lowest BCUT2D eigenvalue weighted by atomic mass is 9.75. The number of aromatic nitrogens is 2. The molecule has 208 valence electrons. The van der Waals surface area contributed by atoms with Crippen molar-refractivity contribution in [3.63, 3.8) is 0 Å². The molecule has 0 saturated heterocycles. The van der Waals surface area contributed by atoms with Crippen LogP contribution in [0.5, 0.6) is 0 Å². The van der Waals surface area contributed by atoms with Gasteiger partial charge < -0.3 is 9.13 Å². The molecule has 0 fully saturated rings. The summed E-state index contributed by atoms with van der Waals surface area (Å²) in [5, 5.41) is 5.06. The Bertz CT molecular complexity index is 2260. The Labute approximate surface area is 263 Å². The summed E-state index contributed by atoms with van der Waals surface area (Å²) in [7, 11) is 0. The summed E-state index contributed by atoms with van der Waals surface area (Å²) in [5.41, 5.74) is 7.66. The molecule has 0 amide bonds. The van der Waals surface area contributed by atoms with Gasteiger partial charge in [0, 0.05) is 52.3 Å². The number of terminal acetylenes is 2. The van der Waals surface area contributed by atoms with Crippen LogP contribution in [0.4, 0.5) is 0 Å². The van der Waals surface area contributed by atoms with Gasteiger partial charge in [0.25, 0.3) is 0 Å². The van der Waals surface area contributed by atoms with Gasteiger partial charge >= 0.3 is 0 Å². The first kappa shape index (κ1) is 25.5. The second-order valence-electron chi connectivity index (χ2n) is 11.5. The Hall–Kier alpha value is -5.00. The van der Waals surface area contributed by atoms with Crippen LogP contribution in [0, 0.1) is 24.7 Å². The molecule has 1 aliphatic carbocycles. The molecule has 0 saturated carbocycles. The maximum Gasteiger partial charge on any atom is 0.0838 e. The highest BCUT2D eigenvalue weighted by atomic mass is 32.1. The van der Waals surface area contributed by atoms with Gasteiger partial charge in [-0.15, -0.1) is 35.5 Å². The fraction of sp³-hybridized carbons (Fsp3) is 0.100. The SMILES string of the molecule is C#CCn1c2c(c3ccccc31)C(c1cc3ccccc3s1)c1c(c3ccccc3n1CC#C)C2c1cc2ccccc2s1. The molecule has 0 N–H and O–H groups in total. The van der Waals surface area contributed by atoms with Gasteiger partial charge in [-0.25, -0.2) is 0 Å². The lowest BCUT2D eigenvalue weighted by molar-refractivity contribution is 0.696. The van der Waals surface area contributed by atoms with Crippen molar-refractivity contribution < 1.29 is 0 Å². The molecule has 1 aliphatic rings.